The molecule has 0 radical (unpaired) electrons. The van der Waals surface area contributed by atoms with Gasteiger partial charge in [0, 0.05) is 53.3 Å². The lowest BCUT2D eigenvalue weighted by Gasteiger charge is -2.37. The average molecular weight is 524 g/mol. The van der Waals surface area contributed by atoms with Crippen LogP contribution in [0.4, 0.5) is 5.69 Å². The Morgan fingerprint density at radius 3 is 2.22 bits per heavy atom. The second-order valence-corrected chi connectivity index (χ2v) is 9.90. The summed E-state index contributed by atoms with van der Waals surface area (Å²) in [4.78, 5) is 25.6. The number of phenols is 1. The van der Waals surface area contributed by atoms with E-state index in [1.165, 1.54) is 35.4 Å². The molecular weight excluding hydrogens is 494 g/mol. The van der Waals surface area contributed by atoms with Gasteiger partial charge in [-0.2, -0.15) is 0 Å². The van der Waals surface area contributed by atoms with Gasteiger partial charge in [0.25, 0.3) is 0 Å². The minimum Gasteiger partial charge on any atom is -0.506 e. The first-order chi connectivity index (χ1) is 17.9. The highest BCUT2D eigenvalue weighted by Gasteiger charge is 2.27. The first kappa shape index (κ1) is 25.3. The zero-order chi connectivity index (χ0) is 26.1. The van der Waals surface area contributed by atoms with Gasteiger partial charge in [-0.05, 0) is 80.4 Å². The molecule has 194 valence electrons. The van der Waals surface area contributed by atoms with Crippen LogP contribution in [0, 0.1) is 0 Å². The maximum atomic E-state index is 11.9. The number of hydrogen-bond donors (Lipinski definition) is 3. The molecule has 0 saturated heterocycles. The molecule has 0 spiro atoms. The largest absolute Gasteiger partial charge is 0.506 e. The average Bonchev–Trinajstić information content (AvgIpc) is 2.87. The first-order valence-corrected chi connectivity index (χ1v) is 13.0. The number of aromatic hydroxyl groups is 1. The Morgan fingerprint density at radius 2 is 1.51 bits per heavy atom. The molecule has 0 unspecified atom stereocenters. The van der Waals surface area contributed by atoms with E-state index in [0.717, 1.165) is 60.9 Å². The number of fused-ring (bicyclic) bond motifs is 3. The molecular formula is C28H30ClN3O5. The van der Waals surface area contributed by atoms with Crippen LogP contribution in [0.5, 0.6) is 5.75 Å². The van der Waals surface area contributed by atoms with Gasteiger partial charge in [-0.25, -0.2) is 9.59 Å². The Morgan fingerprint density at radius 1 is 0.865 bits per heavy atom. The summed E-state index contributed by atoms with van der Waals surface area (Å²) in [6.07, 6.45) is 5.76. The molecule has 6 rings (SSSR count). The second kappa shape index (κ2) is 10.6. The third-order valence-electron chi connectivity index (χ3n) is 7.04. The Bertz CT molecular complexity index is 1590. The molecule has 0 saturated carbocycles. The SMILES string of the molecule is NCCc1cc(=O)oc2c3c4c(cc12)CCCN4CCC3.NCCc1cc(=O)oc2cc(O)c(Cl)cc12. The Hall–Kier alpha value is -3.33. The summed E-state index contributed by atoms with van der Waals surface area (Å²) < 4.78 is 10.6. The molecule has 9 heteroatoms. The van der Waals surface area contributed by atoms with E-state index in [9.17, 15) is 14.7 Å². The summed E-state index contributed by atoms with van der Waals surface area (Å²) in [7, 11) is 0. The number of nitrogens with zero attached hydrogens (tertiary/aromatic N) is 1. The predicted molar refractivity (Wildman–Crippen MR) is 146 cm³/mol. The van der Waals surface area contributed by atoms with E-state index in [1.54, 1.807) is 12.1 Å². The van der Waals surface area contributed by atoms with Crippen LogP contribution in [0.15, 0.2) is 48.8 Å². The number of anilines is 1. The molecule has 2 aromatic carbocycles. The van der Waals surface area contributed by atoms with Crippen LogP contribution < -0.4 is 27.6 Å². The standard InChI is InChI=1S/C17H20N2O2.C11H10ClNO3/c18-6-5-11-10-15(20)21-17-13-4-2-8-19-7-1-3-12(16(13)19)9-14(11)17;12-8-4-7-6(1-2-13)3-11(15)16-10(7)5-9(8)14/h9-10H,1-8,18H2;3-5,14H,1-2,13H2. The molecule has 2 aromatic heterocycles. The second-order valence-electron chi connectivity index (χ2n) is 9.49. The third-order valence-corrected chi connectivity index (χ3v) is 7.34. The molecule has 0 fully saturated rings. The van der Waals surface area contributed by atoms with E-state index in [-0.39, 0.29) is 16.4 Å². The van der Waals surface area contributed by atoms with Gasteiger partial charge >= 0.3 is 11.3 Å². The monoisotopic (exact) mass is 523 g/mol. The number of benzene rings is 2. The summed E-state index contributed by atoms with van der Waals surface area (Å²) in [5.41, 5.74) is 17.4. The smallest absolute Gasteiger partial charge is 0.336 e. The van der Waals surface area contributed by atoms with Crippen molar-refractivity contribution in [1.82, 2.24) is 0 Å². The van der Waals surface area contributed by atoms with Gasteiger partial charge in [-0.15, -0.1) is 0 Å². The summed E-state index contributed by atoms with van der Waals surface area (Å²) in [6, 6.07) is 8.14. The summed E-state index contributed by atoms with van der Waals surface area (Å²) in [5.74, 6) is -0.109. The maximum Gasteiger partial charge on any atom is 0.336 e. The fourth-order valence-electron chi connectivity index (χ4n) is 5.50. The van der Waals surface area contributed by atoms with Gasteiger partial charge in [-0.1, -0.05) is 11.6 Å². The van der Waals surface area contributed by atoms with Crippen molar-refractivity contribution in [3.8, 4) is 5.75 Å². The fraction of sp³-hybridized carbons (Fsp3) is 0.357. The Balaban J connectivity index is 0.000000158. The van der Waals surface area contributed by atoms with Crippen molar-refractivity contribution in [1.29, 1.82) is 0 Å². The van der Waals surface area contributed by atoms with E-state index in [2.05, 4.69) is 11.0 Å². The molecule has 4 aromatic rings. The third kappa shape index (κ3) is 4.97. The van der Waals surface area contributed by atoms with Gasteiger partial charge < -0.3 is 30.3 Å². The van der Waals surface area contributed by atoms with Gasteiger partial charge in [0.2, 0.25) is 0 Å². The molecule has 5 N–H and O–H groups in total. The normalized spacial score (nSPS) is 14.4. The molecule has 0 atom stereocenters. The number of halogens is 1. The molecule has 0 amide bonds. The number of hydrogen-bond acceptors (Lipinski definition) is 8. The van der Waals surface area contributed by atoms with Crippen molar-refractivity contribution in [2.45, 2.75) is 38.5 Å². The van der Waals surface area contributed by atoms with Crippen molar-refractivity contribution in [2.75, 3.05) is 31.1 Å². The van der Waals surface area contributed by atoms with E-state index in [0.29, 0.717) is 30.5 Å². The van der Waals surface area contributed by atoms with Crippen molar-refractivity contribution in [3.63, 3.8) is 0 Å². The number of rotatable bonds is 4. The molecule has 2 aliphatic heterocycles. The lowest BCUT2D eigenvalue weighted by molar-refractivity contribution is 0.473. The molecule has 2 aliphatic rings. The van der Waals surface area contributed by atoms with Crippen LogP contribution in [-0.2, 0) is 25.7 Å². The molecule has 0 aliphatic carbocycles. The van der Waals surface area contributed by atoms with Gasteiger partial charge in [0.15, 0.2) is 0 Å². The molecule has 4 heterocycles. The van der Waals surface area contributed by atoms with Gasteiger partial charge in [-0.3, -0.25) is 0 Å². The van der Waals surface area contributed by atoms with Crippen LogP contribution in [0.3, 0.4) is 0 Å². The first-order valence-electron chi connectivity index (χ1n) is 12.6. The van der Waals surface area contributed by atoms with E-state index in [1.807, 2.05) is 0 Å². The molecule has 0 bridgehead atoms. The number of nitrogens with two attached hydrogens (primary N) is 2. The number of phenolic OH excluding ortho intramolecular Hbond substituents is 1. The Labute approximate surface area is 218 Å². The summed E-state index contributed by atoms with van der Waals surface area (Å²) in [5, 5.41) is 11.4. The predicted octanol–water partition coefficient (Wildman–Crippen LogP) is 3.65. The minimum atomic E-state index is -0.460. The Kier molecular flexibility index (Phi) is 7.24. The van der Waals surface area contributed by atoms with Crippen molar-refractivity contribution in [3.05, 3.63) is 78.4 Å². The number of aryl methyl sites for hydroxylation is 2. The molecule has 8 nitrogen and oxygen atoms in total. The minimum absolute atomic E-state index is 0.109. The summed E-state index contributed by atoms with van der Waals surface area (Å²) >= 11 is 5.80. The zero-order valence-corrected chi connectivity index (χ0v) is 21.3. The van der Waals surface area contributed by atoms with Gasteiger partial charge in [0.05, 0.1) is 5.02 Å². The summed E-state index contributed by atoms with van der Waals surface area (Å²) in [6.45, 7) is 3.23. The lowest BCUT2D eigenvalue weighted by atomic mass is 9.89. The topological polar surface area (TPSA) is 136 Å². The zero-order valence-electron chi connectivity index (χ0n) is 20.5. The van der Waals surface area contributed by atoms with Crippen LogP contribution in [0.2, 0.25) is 5.02 Å². The highest BCUT2D eigenvalue weighted by molar-refractivity contribution is 6.32. The van der Waals surface area contributed by atoms with Crippen molar-refractivity contribution in [2.24, 2.45) is 11.5 Å². The highest BCUT2D eigenvalue weighted by Crippen LogP contribution is 2.40. The maximum absolute atomic E-state index is 11.9. The quantitative estimate of drug-likeness (QED) is 0.345. The van der Waals surface area contributed by atoms with E-state index in [4.69, 9.17) is 31.9 Å². The van der Waals surface area contributed by atoms with Crippen LogP contribution >= 0.6 is 11.6 Å². The lowest BCUT2D eigenvalue weighted by Crippen LogP contribution is -2.34. The van der Waals surface area contributed by atoms with Crippen LogP contribution in [-0.4, -0.2) is 31.3 Å². The fourth-order valence-corrected chi connectivity index (χ4v) is 5.66. The van der Waals surface area contributed by atoms with Crippen LogP contribution in [0.1, 0.15) is 35.1 Å². The van der Waals surface area contributed by atoms with E-state index < -0.39 is 5.63 Å². The molecule has 37 heavy (non-hydrogen) atoms. The highest BCUT2D eigenvalue weighted by atomic mass is 35.5. The van der Waals surface area contributed by atoms with Gasteiger partial charge in [0.1, 0.15) is 16.9 Å². The van der Waals surface area contributed by atoms with Crippen molar-refractivity contribution < 1.29 is 13.9 Å². The van der Waals surface area contributed by atoms with E-state index >= 15 is 0 Å². The van der Waals surface area contributed by atoms with Crippen LogP contribution in [0.25, 0.3) is 21.9 Å². The van der Waals surface area contributed by atoms with Crippen molar-refractivity contribution >= 4 is 39.2 Å².